The molecule has 1 aliphatic heterocycles. The Balaban J connectivity index is 1.80. The van der Waals surface area contributed by atoms with Crippen LogP contribution in [0.1, 0.15) is 25.5 Å². The maximum atomic E-state index is 12.1. The molecule has 106 valence electrons. The van der Waals surface area contributed by atoms with Gasteiger partial charge in [-0.25, -0.2) is 4.79 Å². The second kappa shape index (κ2) is 7.19. The van der Waals surface area contributed by atoms with Gasteiger partial charge in [-0.05, 0) is 25.0 Å². The van der Waals surface area contributed by atoms with Gasteiger partial charge in [0.15, 0.2) is 0 Å². The maximum absolute atomic E-state index is 12.1. The molecular weight excluding hydrogens is 244 g/mol. The summed E-state index contributed by atoms with van der Waals surface area (Å²) in [6.07, 6.45) is 3.62. The Morgan fingerprint density at radius 2 is 2.47 bits per heavy atom. The van der Waals surface area contributed by atoms with Crippen LogP contribution in [-0.4, -0.2) is 37.2 Å². The zero-order chi connectivity index (χ0) is 13.5. The molecule has 1 unspecified atom stereocenters. The van der Waals surface area contributed by atoms with Crippen molar-refractivity contribution in [3.05, 3.63) is 24.2 Å². The Labute approximate surface area is 113 Å². The summed E-state index contributed by atoms with van der Waals surface area (Å²) in [6.45, 7) is 5.66. The predicted octanol–water partition coefficient (Wildman–Crippen LogP) is 2.24. The lowest BCUT2D eigenvalue weighted by Crippen LogP contribution is -2.42. The fourth-order valence-electron chi connectivity index (χ4n) is 2.27. The van der Waals surface area contributed by atoms with Crippen molar-refractivity contribution in [2.24, 2.45) is 5.92 Å². The number of hydrogen-bond acceptors (Lipinski definition) is 3. The third kappa shape index (κ3) is 4.28. The minimum Gasteiger partial charge on any atom is -0.467 e. The van der Waals surface area contributed by atoms with E-state index in [-0.39, 0.29) is 6.03 Å². The molecule has 2 amide bonds. The number of rotatable bonds is 6. The molecule has 0 bridgehead atoms. The molecule has 1 atom stereocenters. The molecule has 2 rings (SSSR count). The Kier molecular flexibility index (Phi) is 5.27. The molecule has 2 heterocycles. The summed E-state index contributed by atoms with van der Waals surface area (Å²) in [4.78, 5) is 14.0. The van der Waals surface area contributed by atoms with Crippen LogP contribution >= 0.6 is 0 Å². The standard InChI is InChI=1S/C14H22N2O3/c1-2-6-16(10-12-5-8-18-11-12)14(17)15-9-13-4-3-7-19-13/h3-4,7,12H,2,5-6,8-11H2,1H3,(H,15,17). The summed E-state index contributed by atoms with van der Waals surface area (Å²) in [5.74, 6) is 1.25. The molecule has 1 fully saturated rings. The van der Waals surface area contributed by atoms with E-state index in [9.17, 15) is 4.79 Å². The average Bonchev–Trinajstić information content (AvgIpc) is 3.08. The SMILES string of the molecule is CCCN(CC1CCOC1)C(=O)NCc1ccco1. The lowest BCUT2D eigenvalue weighted by molar-refractivity contribution is 0.164. The zero-order valence-electron chi connectivity index (χ0n) is 11.4. The van der Waals surface area contributed by atoms with Crippen LogP contribution in [0.5, 0.6) is 0 Å². The van der Waals surface area contributed by atoms with E-state index in [1.165, 1.54) is 0 Å². The first-order valence-electron chi connectivity index (χ1n) is 6.92. The highest BCUT2D eigenvalue weighted by Gasteiger charge is 2.21. The summed E-state index contributed by atoms with van der Waals surface area (Å²) < 4.78 is 10.6. The molecule has 5 heteroatoms. The minimum atomic E-state index is -0.0230. The number of urea groups is 1. The van der Waals surface area contributed by atoms with Crippen LogP contribution in [0.25, 0.3) is 0 Å². The van der Waals surface area contributed by atoms with Crippen molar-refractivity contribution in [2.75, 3.05) is 26.3 Å². The third-order valence-electron chi connectivity index (χ3n) is 3.28. The van der Waals surface area contributed by atoms with Crippen LogP contribution in [0, 0.1) is 5.92 Å². The van der Waals surface area contributed by atoms with E-state index in [1.807, 2.05) is 17.0 Å². The average molecular weight is 266 g/mol. The van der Waals surface area contributed by atoms with Crippen LogP contribution in [0.15, 0.2) is 22.8 Å². The van der Waals surface area contributed by atoms with Gasteiger partial charge < -0.3 is 19.4 Å². The first kappa shape index (κ1) is 13.9. The van der Waals surface area contributed by atoms with Crippen molar-refractivity contribution >= 4 is 6.03 Å². The highest BCUT2D eigenvalue weighted by atomic mass is 16.5. The number of nitrogens with one attached hydrogen (secondary N) is 1. The first-order chi connectivity index (χ1) is 9.29. The topological polar surface area (TPSA) is 54.7 Å². The van der Waals surface area contributed by atoms with Crippen LogP contribution in [-0.2, 0) is 11.3 Å². The van der Waals surface area contributed by atoms with Crippen molar-refractivity contribution in [1.29, 1.82) is 0 Å². The smallest absolute Gasteiger partial charge is 0.317 e. The van der Waals surface area contributed by atoms with Gasteiger partial charge in [-0.3, -0.25) is 0 Å². The molecule has 0 radical (unpaired) electrons. The summed E-state index contributed by atoms with van der Waals surface area (Å²) in [6, 6.07) is 3.65. The van der Waals surface area contributed by atoms with Gasteiger partial charge in [0.1, 0.15) is 5.76 Å². The van der Waals surface area contributed by atoms with Crippen molar-refractivity contribution in [2.45, 2.75) is 26.3 Å². The van der Waals surface area contributed by atoms with Gasteiger partial charge in [0.25, 0.3) is 0 Å². The van der Waals surface area contributed by atoms with Gasteiger partial charge in [0, 0.05) is 25.6 Å². The van der Waals surface area contributed by atoms with Crippen LogP contribution in [0.4, 0.5) is 4.79 Å². The Morgan fingerprint density at radius 1 is 1.58 bits per heavy atom. The van der Waals surface area contributed by atoms with E-state index in [0.29, 0.717) is 12.5 Å². The summed E-state index contributed by atoms with van der Waals surface area (Å²) >= 11 is 0. The van der Waals surface area contributed by atoms with E-state index < -0.39 is 0 Å². The van der Waals surface area contributed by atoms with Gasteiger partial charge in [-0.15, -0.1) is 0 Å². The second-order valence-corrected chi connectivity index (χ2v) is 4.91. The summed E-state index contributed by atoms with van der Waals surface area (Å²) in [5, 5.41) is 2.90. The maximum Gasteiger partial charge on any atom is 0.317 e. The van der Waals surface area contributed by atoms with Crippen molar-refractivity contribution in [3.8, 4) is 0 Å². The largest absolute Gasteiger partial charge is 0.467 e. The molecule has 5 nitrogen and oxygen atoms in total. The third-order valence-corrected chi connectivity index (χ3v) is 3.28. The quantitative estimate of drug-likeness (QED) is 0.859. The number of ether oxygens (including phenoxy) is 1. The highest BCUT2D eigenvalue weighted by molar-refractivity contribution is 5.74. The van der Waals surface area contributed by atoms with Gasteiger partial charge in [-0.2, -0.15) is 0 Å². The number of furan rings is 1. The minimum absolute atomic E-state index is 0.0230. The van der Waals surface area contributed by atoms with E-state index >= 15 is 0 Å². The lowest BCUT2D eigenvalue weighted by atomic mass is 10.1. The molecule has 0 spiro atoms. The van der Waals surface area contributed by atoms with Crippen molar-refractivity contribution in [3.63, 3.8) is 0 Å². The number of nitrogens with zero attached hydrogens (tertiary/aromatic N) is 1. The van der Waals surface area contributed by atoms with Gasteiger partial charge in [0.2, 0.25) is 0 Å². The highest BCUT2D eigenvalue weighted by Crippen LogP contribution is 2.14. The fraction of sp³-hybridized carbons (Fsp3) is 0.643. The lowest BCUT2D eigenvalue weighted by Gasteiger charge is -2.24. The second-order valence-electron chi connectivity index (χ2n) is 4.91. The Bertz CT molecular complexity index is 372. The van der Waals surface area contributed by atoms with E-state index in [1.54, 1.807) is 6.26 Å². The zero-order valence-corrected chi connectivity index (χ0v) is 11.4. The van der Waals surface area contributed by atoms with Crippen LogP contribution in [0.3, 0.4) is 0 Å². The summed E-state index contributed by atoms with van der Waals surface area (Å²) in [5.41, 5.74) is 0. The van der Waals surface area contributed by atoms with Gasteiger partial charge in [-0.1, -0.05) is 6.92 Å². The number of carbonyl (C=O) groups is 1. The first-order valence-corrected chi connectivity index (χ1v) is 6.92. The molecule has 1 saturated heterocycles. The van der Waals surface area contributed by atoms with Gasteiger partial charge >= 0.3 is 6.03 Å². The number of amides is 2. The van der Waals surface area contributed by atoms with E-state index in [4.69, 9.17) is 9.15 Å². The molecule has 19 heavy (non-hydrogen) atoms. The monoisotopic (exact) mass is 266 g/mol. The number of carbonyl (C=O) groups excluding carboxylic acids is 1. The number of hydrogen-bond donors (Lipinski definition) is 1. The molecule has 1 aliphatic rings. The Morgan fingerprint density at radius 3 is 3.11 bits per heavy atom. The molecule has 1 N–H and O–H groups in total. The normalized spacial score (nSPS) is 18.5. The van der Waals surface area contributed by atoms with Gasteiger partial charge in [0.05, 0.1) is 19.4 Å². The van der Waals surface area contributed by atoms with Crippen LogP contribution < -0.4 is 5.32 Å². The van der Waals surface area contributed by atoms with Crippen molar-refractivity contribution < 1.29 is 13.9 Å². The summed E-state index contributed by atoms with van der Waals surface area (Å²) in [7, 11) is 0. The Hall–Kier alpha value is -1.49. The molecule has 0 saturated carbocycles. The molecule has 1 aromatic heterocycles. The molecule has 0 aliphatic carbocycles. The van der Waals surface area contributed by atoms with Crippen LogP contribution in [0.2, 0.25) is 0 Å². The molecule has 1 aromatic rings. The van der Waals surface area contributed by atoms with E-state index in [2.05, 4.69) is 12.2 Å². The predicted molar refractivity (Wildman–Crippen MR) is 71.7 cm³/mol. The van der Waals surface area contributed by atoms with E-state index in [0.717, 1.165) is 44.9 Å². The molecule has 0 aromatic carbocycles. The fourth-order valence-corrected chi connectivity index (χ4v) is 2.27. The van der Waals surface area contributed by atoms with Crippen molar-refractivity contribution in [1.82, 2.24) is 10.2 Å². The molecular formula is C14H22N2O3.